The van der Waals surface area contributed by atoms with E-state index in [1.165, 1.54) is 0 Å². The zero-order valence-corrected chi connectivity index (χ0v) is 8.26. The Kier molecular flexibility index (Phi) is 1.88. The predicted molar refractivity (Wildman–Crippen MR) is 49.6 cm³/mol. The molecule has 0 spiro atoms. The molecule has 0 aromatic carbocycles. The number of ether oxygens (including phenoxy) is 1. The average molecular weight is 184 g/mol. The Labute approximate surface area is 76.9 Å². The summed E-state index contributed by atoms with van der Waals surface area (Å²) in [6, 6.07) is -0.297. The van der Waals surface area contributed by atoms with E-state index in [1.807, 2.05) is 0 Å². The van der Waals surface area contributed by atoms with E-state index in [4.69, 9.17) is 12.6 Å². The first-order chi connectivity index (χ1) is 5.60. The molecule has 0 aromatic rings. The van der Waals surface area contributed by atoms with Gasteiger partial charge in [-0.1, -0.05) is 13.8 Å². The van der Waals surface area contributed by atoms with Crippen molar-refractivity contribution in [2.24, 2.45) is 5.92 Å². The van der Waals surface area contributed by atoms with Crippen molar-refractivity contribution in [2.75, 3.05) is 5.75 Å². The van der Waals surface area contributed by atoms with Crippen molar-refractivity contribution in [3.05, 3.63) is 0 Å². The van der Waals surface area contributed by atoms with Gasteiger partial charge in [0.2, 0.25) is 0 Å². The van der Waals surface area contributed by atoms with Crippen LogP contribution in [0.4, 0.5) is 0 Å². The van der Waals surface area contributed by atoms with Crippen molar-refractivity contribution in [3.8, 4) is 0 Å². The van der Waals surface area contributed by atoms with Gasteiger partial charge in [-0.3, -0.25) is 4.21 Å². The normalized spacial score (nSPS) is 57.8. The van der Waals surface area contributed by atoms with Gasteiger partial charge in [0.1, 0.15) is 7.85 Å². The molecule has 2 saturated heterocycles. The van der Waals surface area contributed by atoms with Crippen LogP contribution in [0.3, 0.4) is 0 Å². The van der Waals surface area contributed by atoms with Crippen LogP contribution in [0.25, 0.3) is 0 Å². The summed E-state index contributed by atoms with van der Waals surface area (Å²) in [5, 5.41) is 0.0740. The summed E-state index contributed by atoms with van der Waals surface area (Å²) < 4.78 is 17.2. The molecule has 0 aromatic heterocycles. The van der Waals surface area contributed by atoms with Crippen LogP contribution in [0.1, 0.15) is 20.3 Å². The Balaban J connectivity index is 2.34. The van der Waals surface area contributed by atoms with Crippen LogP contribution in [0.2, 0.25) is 0 Å². The van der Waals surface area contributed by atoms with E-state index in [1.54, 1.807) is 0 Å². The SMILES string of the molecule is [B]C1O[C@]2(CC)CS(=O)C1[C@@H]2C. The quantitative estimate of drug-likeness (QED) is 0.552. The molecule has 2 bridgehead atoms. The third kappa shape index (κ3) is 0.881. The molecular formula is C8H13BO2S. The fraction of sp³-hybridized carbons (Fsp3) is 1.00. The van der Waals surface area contributed by atoms with Gasteiger partial charge in [-0.25, -0.2) is 0 Å². The number of hydrogen-bond acceptors (Lipinski definition) is 2. The Hall–Kier alpha value is 0.175. The highest BCUT2D eigenvalue weighted by Crippen LogP contribution is 2.47. The molecule has 2 fully saturated rings. The van der Waals surface area contributed by atoms with Gasteiger partial charge >= 0.3 is 0 Å². The van der Waals surface area contributed by atoms with Crippen molar-refractivity contribution in [3.63, 3.8) is 0 Å². The fourth-order valence-electron chi connectivity index (χ4n) is 2.42. The van der Waals surface area contributed by atoms with Crippen molar-refractivity contribution < 1.29 is 8.95 Å². The van der Waals surface area contributed by atoms with Gasteiger partial charge in [0.25, 0.3) is 0 Å². The molecule has 0 amide bonds. The van der Waals surface area contributed by atoms with Crippen LogP contribution < -0.4 is 0 Å². The van der Waals surface area contributed by atoms with Crippen molar-refractivity contribution in [2.45, 2.75) is 37.1 Å². The van der Waals surface area contributed by atoms with Crippen LogP contribution in [-0.4, -0.2) is 34.7 Å². The van der Waals surface area contributed by atoms with Crippen LogP contribution >= 0.6 is 0 Å². The lowest BCUT2D eigenvalue weighted by atomic mass is 9.85. The lowest BCUT2D eigenvalue weighted by Crippen LogP contribution is -2.38. The molecule has 66 valence electrons. The molecular weight excluding hydrogens is 171 g/mol. The Bertz CT molecular complexity index is 233. The van der Waals surface area contributed by atoms with Crippen molar-refractivity contribution in [1.82, 2.24) is 0 Å². The number of fused-ring (bicyclic) bond motifs is 2. The molecule has 2 heterocycles. The molecule has 4 heteroatoms. The summed E-state index contributed by atoms with van der Waals surface area (Å²) in [5.74, 6) is 1.04. The van der Waals surface area contributed by atoms with Gasteiger partial charge in [-0.15, -0.1) is 0 Å². The topological polar surface area (TPSA) is 26.3 Å². The van der Waals surface area contributed by atoms with E-state index in [9.17, 15) is 4.21 Å². The molecule has 12 heavy (non-hydrogen) atoms. The lowest BCUT2D eigenvalue weighted by Gasteiger charge is -2.29. The van der Waals surface area contributed by atoms with E-state index >= 15 is 0 Å². The second-order valence-electron chi connectivity index (χ2n) is 3.78. The predicted octanol–water partition coefficient (Wildman–Crippen LogP) is 0.427. The molecule has 2 nitrogen and oxygen atoms in total. The van der Waals surface area contributed by atoms with E-state index in [0.29, 0.717) is 11.7 Å². The summed E-state index contributed by atoms with van der Waals surface area (Å²) >= 11 is 0. The van der Waals surface area contributed by atoms with Crippen LogP contribution in [0.5, 0.6) is 0 Å². The van der Waals surface area contributed by atoms with E-state index in [2.05, 4.69) is 13.8 Å². The molecule has 2 radical (unpaired) electrons. The minimum atomic E-state index is -0.760. The van der Waals surface area contributed by atoms with Crippen molar-refractivity contribution >= 4 is 18.6 Å². The third-order valence-electron chi connectivity index (χ3n) is 3.31. The Morgan fingerprint density at radius 3 is 2.75 bits per heavy atom. The van der Waals surface area contributed by atoms with Gasteiger partial charge < -0.3 is 4.74 Å². The van der Waals surface area contributed by atoms with E-state index in [0.717, 1.165) is 6.42 Å². The molecule has 0 N–H and O–H groups in total. The van der Waals surface area contributed by atoms with Gasteiger partial charge in [0.05, 0.1) is 16.6 Å². The van der Waals surface area contributed by atoms with Gasteiger partial charge in [0.15, 0.2) is 0 Å². The minimum Gasteiger partial charge on any atom is -0.379 e. The smallest absolute Gasteiger partial charge is 0.110 e. The zero-order chi connectivity index (χ0) is 8.93. The standard InChI is InChI=1S/C8H13BO2S/c1-3-8-4-12(10)6(5(8)2)7(9)11-8/h5-7H,3-4H2,1-2H3/t5-,6?,7?,8+,12?/m0/s1. The van der Waals surface area contributed by atoms with E-state index < -0.39 is 10.8 Å². The molecule has 5 atom stereocenters. The maximum absolute atomic E-state index is 11.6. The number of rotatable bonds is 1. The third-order valence-corrected chi connectivity index (χ3v) is 5.36. The summed E-state index contributed by atoms with van der Waals surface area (Å²) in [6.45, 7) is 4.18. The highest BCUT2D eigenvalue weighted by molar-refractivity contribution is 7.86. The van der Waals surface area contributed by atoms with E-state index in [-0.39, 0.29) is 16.9 Å². The highest BCUT2D eigenvalue weighted by Gasteiger charge is 2.58. The molecule has 2 aliphatic heterocycles. The van der Waals surface area contributed by atoms with Crippen LogP contribution in [0, 0.1) is 5.92 Å². The molecule has 2 aliphatic rings. The second-order valence-corrected chi connectivity index (χ2v) is 5.37. The first-order valence-corrected chi connectivity index (χ1v) is 5.79. The number of hydrogen-bond donors (Lipinski definition) is 0. The minimum absolute atomic E-state index is 0.0740. The zero-order valence-electron chi connectivity index (χ0n) is 7.45. The summed E-state index contributed by atoms with van der Waals surface area (Å²) in [7, 11) is 4.99. The highest BCUT2D eigenvalue weighted by atomic mass is 32.2. The molecule has 0 saturated carbocycles. The average Bonchev–Trinajstić information content (AvgIpc) is 2.37. The first-order valence-electron chi connectivity index (χ1n) is 4.41. The molecule has 0 aliphatic carbocycles. The maximum Gasteiger partial charge on any atom is 0.110 e. The van der Waals surface area contributed by atoms with Gasteiger partial charge in [-0.05, 0) is 6.42 Å². The Morgan fingerprint density at radius 2 is 2.42 bits per heavy atom. The van der Waals surface area contributed by atoms with Crippen LogP contribution in [-0.2, 0) is 15.5 Å². The Morgan fingerprint density at radius 1 is 1.75 bits per heavy atom. The molecule has 3 unspecified atom stereocenters. The van der Waals surface area contributed by atoms with Crippen molar-refractivity contribution in [1.29, 1.82) is 0 Å². The lowest BCUT2D eigenvalue weighted by molar-refractivity contribution is -0.0162. The van der Waals surface area contributed by atoms with Crippen LogP contribution in [0.15, 0.2) is 0 Å². The maximum atomic E-state index is 11.6. The van der Waals surface area contributed by atoms with Gasteiger partial charge in [-0.2, -0.15) is 0 Å². The monoisotopic (exact) mass is 184 g/mol. The molecule has 2 rings (SSSR count). The first kappa shape index (κ1) is 8.76. The largest absolute Gasteiger partial charge is 0.379 e. The second kappa shape index (κ2) is 2.58. The summed E-state index contributed by atoms with van der Waals surface area (Å²) in [4.78, 5) is 0. The fourth-order valence-corrected chi connectivity index (χ4v) is 4.68. The van der Waals surface area contributed by atoms with Gasteiger partial charge in [0, 0.05) is 22.7 Å². The summed E-state index contributed by atoms with van der Waals surface area (Å²) in [6.07, 6.45) is 0.921. The summed E-state index contributed by atoms with van der Waals surface area (Å²) in [5.41, 5.74) is -0.172.